The molecule has 1 N–H and O–H groups in total. The van der Waals surface area contributed by atoms with E-state index in [2.05, 4.69) is 22.3 Å². The van der Waals surface area contributed by atoms with Crippen LogP contribution in [0.1, 0.15) is 63.4 Å². The van der Waals surface area contributed by atoms with E-state index in [-0.39, 0.29) is 42.0 Å². The highest BCUT2D eigenvalue weighted by Gasteiger charge is 2.33. The maximum atomic E-state index is 13.3. The van der Waals surface area contributed by atoms with Crippen LogP contribution < -0.4 is 5.32 Å². The fourth-order valence-electron chi connectivity index (χ4n) is 5.63. The van der Waals surface area contributed by atoms with Crippen LogP contribution in [0.15, 0.2) is 59.5 Å². The Balaban J connectivity index is 1.28. The second kappa shape index (κ2) is 14.0. The van der Waals surface area contributed by atoms with E-state index in [4.69, 9.17) is 9.47 Å². The second-order valence-corrected chi connectivity index (χ2v) is 13.8. The zero-order valence-electron chi connectivity index (χ0n) is 24.9. The summed E-state index contributed by atoms with van der Waals surface area (Å²) in [5, 5.41) is 3.32. The molecule has 10 nitrogen and oxygen atoms in total. The third-order valence-corrected chi connectivity index (χ3v) is 11.0. The maximum absolute atomic E-state index is 13.3. The van der Waals surface area contributed by atoms with Gasteiger partial charge in [0.05, 0.1) is 29.6 Å². The van der Waals surface area contributed by atoms with Gasteiger partial charge in [0.25, 0.3) is 5.91 Å². The predicted octanol–water partition coefficient (Wildman–Crippen LogP) is 4.70. The van der Waals surface area contributed by atoms with E-state index in [1.54, 1.807) is 13.8 Å². The van der Waals surface area contributed by atoms with Gasteiger partial charge in [0.1, 0.15) is 5.00 Å². The first-order chi connectivity index (χ1) is 21.2. The Hall–Kier alpha value is -3.58. The fraction of sp³-hybridized carbons (Fsp3) is 0.406. The lowest BCUT2D eigenvalue weighted by Gasteiger charge is -2.30. The van der Waals surface area contributed by atoms with Crippen molar-refractivity contribution in [2.24, 2.45) is 5.92 Å². The Labute approximate surface area is 262 Å². The molecule has 1 fully saturated rings. The summed E-state index contributed by atoms with van der Waals surface area (Å²) in [5.41, 5.74) is 2.77. The third kappa shape index (κ3) is 7.04. The largest absolute Gasteiger partial charge is 0.466 e. The predicted molar refractivity (Wildman–Crippen MR) is 167 cm³/mol. The van der Waals surface area contributed by atoms with E-state index in [0.717, 1.165) is 23.5 Å². The topological polar surface area (TPSA) is 122 Å². The van der Waals surface area contributed by atoms with Crippen LogP contribution in [0, 0.1) is 5.92 Å². The van der Waals surface area contributed by atoms with Crippen molar-refractivity contribution in [3.05, 3.63) is 81.7 Å². The normalized spacial score (nSPS) is 16.2. The molecule has 44 heavy (non-hydrogen) atoms. The highest BCUT2D eigenvalue weighted by atomic mass is 32.2. The zero-order chi connectivity index (χ0) is 31.3. The van der Waals surface area contributed by atoms with Gasteiger partial charge in [0.2, 0.25) is 10.0 Å². The molecule has 0 aliphatic carbocycles. The van der Waals surface area contributed by atoms with Gasteiger partial charge in [-0.15, -0.1) is 11.3 Å². The standard InChI is InChI=1S/C32H37N3O7S2/c1-3-41-31(37)24-14-18-35(19-15-24)44(39,40)25-12-10-23(11-13-25)29(36)33-30-28(32(38)42-4-2)26-16-17-34(21-27(26)43-30)20-22-8-6-5-7-9-22/h5-13,24H,3-4,14-21H2,1-2H3,(H,33,36). The van der Waals surface area contributed by atoms with Crippen LogP contribution in [-0.2, 0) is 43.8 Å². The van der Waals surface area contributed by atoms with Gasteiger partial charge < -0.3 is 14.8 Å². The van der Waals surface area contributed by atoms with Crippen LogP contribution in [0.3, 0.4) is 0 Å². The van der Waals surface area contributed by atoms with E-state index in [0.29, 0.717) is 43.0 Å². The molecule has 0 radical (unpaired) electrons. The molecule has 0 atom stereocenters. The van der Waals surface area contributed by atoms with Gasteiger partial charge in [-0.3, -0.25) is 14.5 Å². The number of hydrogen-bond acceptors (Lipinski definition) is 9. The Bertz CT molecular complexity index is 1600. The van der Waals surface area contributed by atoms with Crippen LogP contribution in [0.5, 0.6) is 0 Å². The van der Waals surface area contributed by atoms with Gasteiger partial charge in [-0.2, -0.15) is 4.31 Å². The number of benzene rings is 2. The molecular formula is C32H37N3O7S2. The molecule has 2 aliphatic heterocycles. The van der Waals surface area contributed by atoms with E-state index in [9.17, 15) is 22.8 Å². The SMILES string of the molecule is CCOC(=O)c1c(NC(=O)c2ccc(S(=O)(=O)N3CCC(C(=O)OCC)CC3)cc2)sc2c1CCN(Cc1ccccc1)C2. The molecule has 2 aromatic carbocycles. The highest BCUT2D eigenvalue weighted by molar-refractivity contribution is 7.89. The number of carbonyl (C=O) groups is 3. The molecule has 1 aromatic heterocycles. The molecule has 0 bridgehead atoms. The number of esters is 2. The number of nitrogens with zero attached hydrogens (tertiary/aromatic N) is 2. The van der Waals surface area contributed by atoms with Gasteiger partial charge in [-0.25, -0.2) is 13.2 Å². The van der Waals surface area contributed by atoms with Crippen molar-refractivity contribution in [3.8, 4) is 0 Å². The smallest absolute Gasteiger partial charge is 0.341 e. The van der Waals surface area contributed by atoms with E-state index >= 15 is 0 Å². The van der Waals surface area contributed by atoms with Crippen molar-refractivity contribution < 1.29 is 32.3 Å². The molecule has 5 rings (SSSR count). The lowest BCUT2D eigenvalue weighted by molar-refractivity contribution is -0.149. The van der Waals surface area contributed by atoms with Gasteiger partial charge in [0.15, 0.2) is 0 Å². The van der Waals surface area contributed by atoms with Gasteiger partial charge in [-0.1, -0.05) is 30.3 Å². The number of amides is 1. The average Bonchev–Trinajstić information content (AvgIpc) is 3.39. The summed E-state index contributed by atoms with van der Waals surface area (Å²) < 4.78 is 38.3. The zero-order valence-corrected chi connectivity index (χ0v) is 26.5. The molecule has 1 amide bonds. The summed E-state index contributed by atoms with van der Waals surface area (Å²) in [6.45, 7) is 6.65. The number of ether oxygens (including phenoxy) is 2. The molecular weight excluding hydrogens is 603 g/mol. The first-order valence-corrected chi connectivity index (χ1v) is 17.1. The summed E-state index contributed by atoms with van der Waals surface area (Å²) in [4.78, 5) is 41.7. The van der Waals surface area contributed by atoms with Crippen molar-refractivity contribution in [3.63, 3.8) is 0 Å². The molecule has 0 spiro atoms. The summed E-state index contributed by atoms with van der Waals surface area (Å²) in [5.74, 6) is -1.51. The number of nitrogens with one attached hydrogen (secondary N) is 1. The number of thiophene rings is 1. The summed E-state index contributed by atoms with van der Waals surface area (Å²) in [6, 6.07) is 15.9. The Morgan fingerprint density at radius 2 is 1.61 bits per heavy atom. The van der Waals surface area contributed by atoms with Crippen LogP contribution in [0.2, 0.25) is 0 Å². The molecule has 1 saturated heterocycles. The highest BCUT2D eigenvalue weighted by Crippen LogP contribution is 2.38. The van der Waals surface area contributed by atoms with Crippen LogP contribution in [0.25, 0.3) is 0 Å². The second-order valence-electron chi connectivity index (χ2n) is 10.8. The van der Waals surface area contributed by atoms with Crippen LogP contribution in [0.4, 0.5) is 5.00 Å². The molecule has 0 unspecified atom stereocenters. The summed E-state index contributed by atoms with van der Waals surface area (Å²) >= 11 is 1.37. The first kappa shape index (κ1) is 31.8. The van der Waals surface area contributed by atoms with Crippen LogP contribution >= 0.6 is 11.3 Å². The molecule has 12 heteroatoms. The fourth-order valence-corrected chi connectivity index (χ4v) is 8.38. The molecule has 3 aromatic rings. The minimum Gasteiger partial charge on any atom is -0.466 e. The molecule has 2 aliphatic rings. The number of piperidine rings is 1. The van der Waals surface area contributed by atoms with Gasteiger partial charge in [0, 0.05) is 43.2 Å². The summed E-state index contributed by atoms with van der Waals surface area (Å²) in [7, 11) is -3.79. The minimum absolute atomic E-state index is 0.0703. The lowest BCUT2D eigenvalue weighted by atomic mass is 9.98. The molecule has 234 valence electrons. The first-order valence-electron chi connectivity index (χ1n) is 14.9. The monoisotopic (exact) mass is 639 g/mol. The van der Waals surface area contributed by atoms with Crippen molar-refractivity contribution in [1.82, 2.24) is 9.21 Å². The van der Waals surface area contributed by atoms with Crippen molar-refractivity contribution in [2.45, 2.75) is 51.1 Å². The Morgan fingerprint density at radius 1 is 0.932 bits per heavy atom. The average molecular weight is 640 g/mol. The minimum atomic E-state index is -3.79. The van der Waals surface area contributed by atoms with Crippen molar-refractivity contribution >= 4 is 44.2 Å². The molecule has 3 heterocycles. The van der Waals surface area contributed by atoms with Crippen molar-refractivity contribution in [1.29, 1.82) is 0 Å². The third-order valence-electron chi connectivity index (χ3n) is 7.92. The lowest BCUT2D eigenvalue weighted by Crippen LogP contribution is -2.40. The number of hydrogen-bond donors (Lipinski definition) is 1. The van der Waals surface area contributed by atoms with Gasteiger partial charge >= 0.3 is 11.9 Å². The van der Waals surface area contributed by atoms with Crippen LogP contribution in [-0.4, -0.2) is 68.3 Å². The number of carbonyl (C=O) groups excluding carboxylic acids is 3. The summed E-state index contributed by atoms with van der Waals surface area (Å²) in [6.07, 6.45) is 1.46. The van der Waals surface area contributed by atoms with E-state index in [1.807, 2.05) is 18.2 Å². The number of sulfonamides is 1. The maximum Gasteiger partial charge on any atom is 0.341 e. The van der Waals surface area contributed by atoms with E-state index < -0.39 is 21.9 Å². The quantitative estimate of drug-likeness (QED) is 0.317. The van der Waals surface area contributed by atoms with Crippen molar-refractivity contribution in [2.75, 3.05) is 38.2 Å². The number of fused-ring (bicyclic) bond motifs is 1. The Morgan fingerprint density at radius 3 is 2.27 bits per heavy atom. The number of rotatable bonds is 10. The number of anilines is 1. The van der Waals surface area contributed by atoms with Gasteiger partial charge in [-0.05, 0) is 68.5 Å². The van der Waals surface area contributed by atoms with E-state index in [1.165, 1.54) is 45.5 Å². The molecule has 0 saturated carbocycles. The Kier molecular flexibility index (Phi) is 10.1.